The molecule has 1 atom stereocenters. The van der Waals surface area contributed by atoms with E-state index in [1.165, 1.54) is 6.07 Å². The van der Waals surface area contributed by atoms with Crippen molar-refractivity contribution >= 4 is 5.69 Å². The molecule has 0 aliphatic heterocycles. The molecule has 5 nitrogen and oxygen atoms in total. The molecule has 0 saturated carbocycles. The minimum atomic E-state index is -0.654. The molecule has 0 bridgehead atoms. The molecular weight excluding hydrogens is 357 g/mol. The first-order valence-electron chi connectivity index (χ1n) is 8.78. The molecule has 3 aromatic carbocycles. The van der Waals surface area contributed by atoms with Crippen LogP contribution in [0.5, 0.6) is 5.75 Å². The van der Waals surface area contributed by atoms with Crippen molar-refractivity contribution in [3.05, 3.63) is 96.1 Å². The van der Waals surface area contributed by atoms with E-state index >= 15 is 0 Å². The molecule has 1 unspecified atom stereocenters. The Morgan fingerprint density at radius 1 is 0.929 bits per heavy atom. The van der Waals surface area contributed by atoms with Crippen LogP contribution in [-0.2, 0) is 0 Å². The number of rotatable bonds is 6. The van der Waals surface area contributed by atoms with Gasteiger partial charge in [0.2, 0.25) is 11.8 Å². The summed E-state index contributed by atoms with van der Waals surface area (Å²) in [6, 6.07) is 22.7. The van der Waals surface area contributed by atoms with Crippen LogP contribution >= 0.6 is 0 Å². The van der Waals surface area contributed by atoms with E-state index in [9.17, 15) is 4.39 Å². The first kappa shape index (κ1) is 17.7. The molecule has 28 heavy (non-hydrogen) atoms. The lowest BCUT2D eigenvalue weighted by Crippen LogP contribution is -2.14. The van der Waals surface area contributed by atoms with E-state index in [-0.39, 0.29) is 11.7 Å². The zero-order valence-corrected chi connectivity index (χ0v) is 15.2. The Morgan fingerprint density at radius 2 is 1.71 bits per heavy atom. The highest BCUT2D eigenvalue weighted by molar-refractivity contribution is 5.53. The van der Waals surface area contributed by atoms with Crippen LogP contribution in [0.1, 0.15) is 17.5 Å². The molecule has 0 saturated heterocycles. The van der Waals surface area contributed by atoms with Crippen molar-refractivity contribution in [3.63, 3.8) is 0 Å². The number of ether oxygens (including phenoxy) is 1. The van der Waals surface area contributed by atoms with Gasteiger partial charge in [-0.25, -0.2) is 4.39 Å². The van der Waals surface area contributed by atoms with Gasteiger partial charge in [0.05, 0.1) is 7.11 Å². The Morgan fingerprint density at radius 3 is 2.50 bits per heavy atom. The van der Waals surface area contributed by atoms with Gasteiger partial charge in [-0.1, -0.05) is 42.5 Å². The maximum absolute atomic E-state index is 14.5. The summed E-state index contributed by atoms with van der Waals surface area (Å²) in [7, 11) is 1.59. The number of nitrogens with zero attached hydrogens (tertiary/aromatic N) is 2. The number of anilines is 1. The van der Waals surface area contributed by atoms with Crippen molar-refractivity contribution in [2.45, 2.75) is 6.04 Å². The smallest absolute Gasteiger partial charge is 0.247 e. The van der Waals surface area contributed by atoms with Crippen molar-refractivity contribution in [1.82, 2.24) is 10.2 Å². The Hall–Kier alpha value is -3.67. The average Bonchev–Trinajstić information content (AvgIpc) is 3.23. The molecule has 1 heterocycles. The lowest BCUT2D eigenvalue weighted by Gasteiger charge is -2.18. The predicted octanol–water partition coefficient (Wildman–Crippen LogP) is 5.09. The topological polar surface area (TPSA) is 60.2 Å². The van der Waals surface area contributed by atoms with Gasteiger partial charge in [0.15, 0.2) is 0 Å². The van der Waals surface area contributed by atoms with Crippen LogP contribution in [0.4, 0.5) is 10.1 Å². The third kappa shape index (κ3) is 3.71. The summed E-state index contributed by atoms with van der Waals surface area (Å²) in [6.07, 6.45) is 0. The van der Waals surface area contributed by atoms with Gasteiger partial charge in [0.25, 0.3) is 0 Å². The third-order valence-electron chi connectivity index (χ3n) is 4.31. The highest BCUT2D eigenvalue weighted by atomic mass is 19.1. The van der Waals surface area contributed by atoms with Gasteiger partial charge in [0, 0.05) is 22.9 Å². The number of hydrogen-bond donors (Lipinski definition) is 1. The second-order valence-corrected chi connectivity index (χ2v) is 6.14. The SMILES string of the molecule is COc1cccc(NC(c2nnc(-c3ccccc3)o2)c2ccccc2F)c1. The number of aromatic nitrogens is 2. The molecule has 1 aromatic heterocycles. The fourth-order valence-corrected chi connectivity index (χ4v) is 2.91. The standard InChI is InChI=1S/C22H18FN3O2/c1-27-17-11-7-10-16(14-17)24-20(18-12-5-6-13-19(18)23)22-26-25-21(28-22)15-8-3-2-4-9-15/h2-14,20,24H,1H3. The monoisotopic (exact) mass is 375 g/mol. The van der Waals surface area contributed by atoms with Crippen molar-refractivity contribution in [2.75, 3.05) is 12.4 Å². The van der Waals surface area contributed by atoms with Crippen molar-refractivity contribution < 1.29 is 13.5 Å². The van der Waals surface area contributed by atoms with Crippen LogP contribution in [0.25, 0.3) is 11.5 Å². The zero-order valence-electron chi connectivity index (χ0n) is 15.2. The molecule has 0 aliphatic rings. The fourth-order valence-electron chi connectivity index (χ4n) is 2.91. The number of benzene rings is 3. The molecule has 6 heteroatoms. The second-order valence-electron chi connectivity index (χ2n) is 6.14. The van der Waals surface area contributed by atoms with E-state index < -0.39 is 6.04 Å². The minimum Gasteiger partial charge on any atom is -0.497 e. The van der Waals surface area contributed by atoms with E-state index in [0.717, 1.165) is 11.3 Å². The summed E-state index contributed by atoms with van der Waals surface area (Å²) < 4.78 is 25.7. The lowest BCUT2D eigenvalue weighted by atomic mass is 10.1. The number of nitrogens with one attached hydrogen (secondary N) is 1. The van der Waals surface area contributed by atoms with Gasteiger partial charge in [-0.15, -0.1) is 10.2 Å². The molecule has 0 fully saturated rings. The van der Waals surface area contributed by atoms with Gasteiger partial charge in [-0.2, -0.15) is 0 Å². The summed E-state index contributed by atoms with van der Waals surface area (Å²) in [5.74, 6) is 0.978. The Balaban J connectivity index is 1.73. The number of methoxy groups -OCH3 is 1. The van der Waals surface area contributed by atoms with Crippen LogP contribution in [0.3, 0.4) is 0 Å². The van der Waals surface area contributed by atoms with Crippen molar-refractivity contribution in [1.29, 1.82) is 0 Å². The van der Waals surface area contributed by atoms with Crippen molar-refractivity contribution in [3.8, 4) is 17.2 Å². The number of hydrogen-bond acceptors (Lipinski definition) is 5. The maximum atomic E-state index is 14.5. The van der Waals surface area contributed by atoms with Gasteiger partial charge in [-0.3, -0.25) is 0 Å². The quantitative estimate of drug-likeness (QED) is 0.509. The summed E-state index contributed by atoms with van der Waals surface area (Å²) in [6.45, 7) is 0. The summed E-state index contributed by atoms with van der Waals surface area (Å²) in [5, 5.41) is 11.6. The Kier molecular flexibility index (Phi) is 5.01. The van der Waals surface area contributed by atoms with E-state index in [2.05, 4.69) is 15.5 Å². The zero-order chi connectivity index (χ0) is 19.3. The van der Waals surface area contributed by atoms with E-state index in [1.807, 2.05) is 54.6 Å². The highest BCUT2D eigenvalue weighted by Crippen LogP contribution is 2.30. The van der Waals surface area contributed by atoms with Crippen LogP contribution in [0, 0.1) is 5.82 Å². The van der Waals surface area contributed by atoms with Crippen LogP contribution < -0.4 is 10.1 Å². The van der Waals surface area contributed by atoms with E-state index in [1.54, 1.807) is 25.3 Å². The molecule has 0 aliphatic carbocycles. The fraction of sp³-hybridized carbons (Fsp3) is 0.0909. The average molecular weight is 375 g/mol. The van der Waals surface area contributed by atoms with E-state index in [0.29, 0.717) is 17.2 Å². The second kappa shape index (κ2) is 7.92. The molecule has 1 N–H and O–H groups in total. The summed E-state index contributed by atoms with van der Waals surface area (Å²) >= 11 is 0. The van der Waals surface area contributed by atoms with Crippen LogP contribution in [0.15, 0.2) is 83.3 Å². The molecular formula is C22H18FN3O2. The Bertz CT molecular complexity index is 1070. The predicted molar refractivity (Wildman–Crippen MR) is 105 cm³/mol. The molecule has 140 valence electrons. The lowest BCUT2D eigenvalue weighted by molar-refractivity contribution is 0.415. The first-order valence-corrected chi connectivity index (χ1v) is 8.78. The molecule has 4 aromatic rings. The number of halogens is 1. The van der Waals surface area contributed by atoms with Gasteiger partial charge >= 0.3 is 0 Å². The van der Waals surface area contributed by atoms with Gasteiger partial charge in [0.1, 0.15) is 17.6 Å². The van der Waals surface area contributed by atoms with Gasteiger partial charge in [-0.05, 0) is 30.3 Å². The molecule has 4 rings (SSSR count). The normalized spacial score (nSPS) is 11.8. The molecule has 0 spiro atoms. The molecule has 0 amide bonds. The molecule has 0 radical (unpaired) electrons. The van der Waals surface area contributed by atoms with Crippen molar-refractivity contribution in [2.24, 2.45) is 0 Å². The largest absolute Gasteiger partial charge is 0.497 e. The Labute approximate surface area is 161 Å². The van der Waals surface area contributed by atoms with Crippen LogP contribution in [-0.4, -0.2) is 17.3 Å². The first-order chi connectivity index (χ1) is 13.7. The summed E-state index contributed by atoms with van der Waals surface area (Å²) in [4.78, 5) is 0. The maximum Gasteiger partial charge on any atom is 0.247 e. The summed E-state index contributed by atoms with van der Waals surface area (Å²) in [5.41, 5.74) is 1.95. The minimum absolute atomic E-state index is 0.270. The highest BCUT2D eigenvalue weighted by Gasteiger charge is 2.24. The van der Waals surface area contributed by atoms with Gasteiger partial charge < -0.3 is 14.5 Å². The van der Waals surface area contributed by atoms with E-state index in [4.69, 9.17) is 9.15 Å². The van der Waals surface area contributed by atoms with Crippen LogP contribution in [0.2, 0.25) is 0 Å². The third-order valence-corrected chi connectivity index (χ3v) is 4.31.